The molecule has 286 valence electrons. The third-order valence-electron chi connectivity index (χ3n) is 9.81. The smallest absolute Gasteiger partial charge is 0.255 e. The second-order valence-electron chi connectivity index (χ2n) is 14.5. The van der Waals surface area contributed by atoms with E-state index in [2.05, 4.69) is 20.9 Å². The Labute approximate surface area is 310 Å². The first kappa shape index (κ1) is 39.4. The largest absolute Gasteiger partial charge is 0.486 e. The lowest BCUT2D eigenvalue weighted by atomic mass is 10.0. The van der Waals surface area contributed by atoms with E-state index in [1.54, 1.807) is 17.9 Å². The van der Waals surface area contributed by atoms with Crippen molar-refractivity contribution in [3.8, 4) is 5.75 Å². The first-order valence-electron chi connectivity index (χ1n) is 18.7. The lowest BCUT2D eigenvalue weighted by Gasteiger charge is -2.34. The molecule has 53 heavy (non-hydrogen) atoms. The van der Waals surface area contributed by atoms with Crippen molar-refractivity contribution in [3.63, 3.8) is 0 Å². The molecule has 0 spiro atoms. The molecule has 2 aromatic carbocycles. The van der Waals surface area contributed by atoms with Crippen molar-refractivity contribution in [3.05, 3.63) is 77.4 Å². The lowest BCUT2D eigenvalue weighted by molar-refractivity contribution is -0.147. The van der Waals surface area contributed by atoms with Crippen molar-refractivity contribution in [2.45, 2.75) is 109 Å². The van der Waals surface area contributed by atoms with Gasteiger partial charge in [-0.25, -0.2) is 4.39 Å². The topological polar surface area (TPSA) is 159 Å². The number of likely N-dealkylation sites (N-methyl/N-ethyl adjacent to an activating group) is 1. The van der Waals surface area contributed by atoms with Crippen molar-refractivity contribution in [2.75, 3.05) is 20.1 Å². The number of hydrogen-bond donors (Lipinski definition) is 3. The molecular formula is C39H52FN7O6. The number of aryl methyl sites for hydroxylation is 1. The summed E-state index contributed by atoms with van der Waals surface area (Å²) in [6.07, 6.45) is 6.92. The maximum Gasteiger partial charge on any atom is 0.255 e. The fraction of sp³-hybridized carbons (Fsp3) is 0.538. The number of carbonyl (C=O) groups excluding carboxylic acids is 4. The van der Waals surface area contributed by atoms with Crippen LogP contribution in [0.1, 0.15) is 86.8 Å². The van der Waals surface area contributed by atoms with Crippen molar-refractivity contribution in [1.82, 2.24) is 35.4 Å². The van der Waals surface area contributed by atoms with E-state index in [9.17, 15) is 28.7 Å². The molecule has 2 aliphatic heterocycles. The monoisotopic (exact) mass is 733 g/mol. The number of aromatic nitrogens is 3. The normalized spacial score (nSPS) is 23.2. The van der Waals surface area contributed by atoms with Crippen LogP contribution in [0.5, 0.6) is 5.75 Å². The maximum absolute atomic E-state index is 14.4. The predicted octanol–water partition coefficient (Wildman–Crippen LogP) is 3.64. The van der Waals surface area contributed by atoms with E-state index in [0.29, 0.717) is 18.8 Å². The summed E-state index contributed by atoms with van der Waals surface area (Å²) in [5, 5.41) is 25.0. The summed E-state index contributed by atoms with van der Waals surface area (Å²) < 4.78 is 22.0. The minimum atomic E-state index is -1.08. The fourth-order valence-corrected chi connectivity index (χ4v) is 6.96. The molecule has 13 nitrogen and oxygen atoms in total. The molecule has 4 amide bonds. The molecule has 0 saturated carbocycles. The maximum atomic E-state index is 14.4. The number of aliphatic hydroxyl groups excluding tert-OH is 1. The number of fused-ring (bicyclic) bond motifs is 4. The van der Waals surface area contributed by atoms with Crippen LogP contribution in [0.25, 0.3) is 0 Å². The van der Waals surface area contributed by atoms with Gasteiger partial charge in [-0.2, -0.15) is 0 Å². The minimum absolute atomic E-state index is 0.0164. The summed E-state index contributed by atoms with van der Waals surface area (Å²) in [6.45, 7) is 4.77. The van der Waals surface area contributed by atoms with Gasteiger partial charge in [0.05, 0.1) is 17.9 Å². The third kappa shape index (κ3) is 10.8. The van der Waals surface area contributed by atoms with Crippen molar-refractivity contribution >= 4 is 23.6 Å². The van der Waals surface area contributed by atoms with Crippen LogP contribution in [0.2, 0.25) is 0 Å². The molecule has 3 N–H and O–H groups in total. The molecule has 2 bridgehead atoms. The van der Waals surface area contributed by atoms with Crippen LogP contribution in [0.4, 0.5) is 4.39 Å². The molecule has 1 fully saturated rings. The van der Waals surface area contributed by atoms with Gasteiger partial charge in [-0.3, -0.25) is 23.9 Å². The van der Waals surface area contributed by atoms with E-state index in [4.69, 9.17) is 4.74 Å². The van der Waals surface area contributed by atoms with Gasteiger partial charge in [-0.05, 0) is 42.9 Å². The van der Waals surface area contributed by atoms with E-state index in [0.717, 1.165) is 56.2 Å². The number of ether oxygens (including phenoxy) is 1. The van der Waals surface area contributed by atoms with Gasteiger partial charge in [0, 0.05) is 45.6 Å². The van der Waals surface area contributed by atoms with Gasteiger partial charge in [0.1, 0.15) is 42.0 Å². The summed E-state index contributed by atoms with van der Waals surface area (Å²) in [4.78, 5) is 58.7. The summed E-state index contributed by atoms with van der Waals surface area (Å²) in [5.74, 6) is -2.65. The SMILES string of the molecule is CC(C)C[C@H]1NC(=O)c2ccc(F)cc2OCc2cn(nn2)CCCCCCCCNC(=O)[C@H](Cc2ccccc2)N(C)C(=O)[C@H]2C[C@H](O)CN2C1=O. The molecule has 0 aliphatic carbocycles. The van der Waals surface area contributed by atoms with Crippen LogP contribution < -0.4 is 15.4 Å². The van der Waals surface area contributed by atoms with Gasteiger partial charge in [0.2, 0.25) is 17.7 Å². The van der Waals surface area contributed by atoms with Crippen molar-refractivity contribution in [1.29, 1.82) is 0 Å². The van der Waals surface area contributed by atoms with Crippen LogP contribution in [-0.4, -0.2) is 97.9 Å². The number of nitrogens with zero attached hydrogens (tertiary/aromatic N) is 5. The van der Waals surface area contributed by atoms with E-state index in [1.165, 1.54) is 15.9 Å². The summed E-state index contributed by atoms with van der Waals surface area (Å²) in [5.41, 5.74) is 1.40. The zero-order valence-electron chi connectivity index (χ0n) is 30.9. The van der Waals surface area contributed by atoms with Gasteiger partial charge in [-0.15, -0.1) is 5.10 Å². The zero-order valence-corrected chi connectivity index (χ0v) is 30.9. The molecule has 4 atom stereocenters. The molecular weight excluding hydrogens is 681 g/mol. The summed E-state index contributed by atoms with van der Waals surface area (Å²) >= 11 is 0. The predicted molar refractivity (Wildman–Crippen MR) is 195 cm³/mol. The van der Waals surface area contributed by atoms with Crippen LogP contribution in [-0.2, 0) is 34.0 Å². The van der Waals surface area contributed by atoms with E-state index >= 15 is 0 Å². The average Bonchev–Trinajstić information content (AvgIpc) is 3.76. The Hall–Kier alpha value is -4.85. The highest BCUT2D eigenvalue weighted by Gasteiger charge is 2.44. The van der Waals surface area contributed by atoms with Gasteiger partial charge < -0.3 is 30.3 Å². The highest BCUT2D eigenvalue weighted by Crippen LogP contribution is 2.26. The second-order valence-corrected chi connectivity index (χ2v) is 14.5. The molecule has 14 heteroatoms. The number of amides is 4. The quantitative estimate of drug-likeness (QED) is 0.367. The van der Waals surface area contributed by atoms with Gasteiger partial charge in [0.15, 0.2) is 0 Å². The number of rotatable bonds is 4. The summed E-state index contributed by atoms with van der Waals surface area (Å²) in [6, 6.07) is 9.97. The van der Waals surface area contributed by atoms with E-state index in [-0.39, 0.29) is 55.6 Å². The zero-order chi connectivity index (χ0) is 37.9. The number of carbonyl (C=O) groups is 4. The van der Waals surface area contributed by atoms with Crippen LogP contribution in [0.15, 0.2) is 54.7 Å². The highest BCUT2D eigenvalue weighted by atomic mass is 19.1. The molecule has 2 aliphatic rings. The van der Waals surface area contributed by atoms with Crippen LogP contribution in [0, 0.1) is 11.7 Å². The Kier molecular flexibility index (Phi) is 13.9. The Bertz CT molecular complexity index is 1700. The number of hydrogen-bond acceptors (Lipinski definition) is 8. The Morgan fingerprint density at radius 1 is 0.981 bits per heavy atom. The van der Waals surface area contributed by atoms with E-state index in [1.807, 2.05) is 44.2 Å². The average molecular weight is 734 g/mol. The standard InChI is InChI=1S/C39H52FN7O6/c1-26(2)19-32-38(51)47-24-30(48)22-34(47)39(52)45(3)33(20-27-13-9-8-10-14-27)37(50)41-17-11-6-4-5-7-12-18-46-23-29(43-44-46)25-53-35-21-28(40)15-16-31(35)36(49)42-32/h8-10,13-16,21,23,26,30,32-34,48H,4-7,11-12,17-20,22,24-25H2,1-3H3,(H,41,50)(H,42,49)/t30-,32+,33-,34+/m0/s1. The van der Waals surface area contributed by atoms with Crippen molar-refractivity contribution in [2.24, 2.45) is 5.92 Å². The first-order valence-corrected chi connectivity index (χ1v) is 18.7. The van der Waals surface area contributed by atoms with Crippen LogP contribution >= 0.6 is 0 Å². The second kappa shape index (κ2) is 18.8. The molecule has 0 radical (unpaired) electrons. The Morgan fingerprint density at radius 3 is 2.47 bits per heavy atom. The van der Waals surface area contributed by atoms with Crippen molar-refractivity contribution < 1.29 is 33.4 Å². The van der Waals surface area contributed by atoms with E-state index < -0.39 is 47.8 Å². The molecule has 3 heterocycles. The molecule has 1 saturated heterocycles. The Morgan fingerprint density at radius 2 is 1.72 bits per heavy atom. The van der Waals surface area contributed by atoms with Gasteiger partial charge in [0.25, 0.3) is 5.91 Å². The molecule has 5 rings (SSSR count). The fourth-order valence-electron chi connectivity index (χ4n) is 6.96. The lowest BCUT2D eigenvalue weighted by Crippen LogP contribution is -2.57. The Balaban J connectivity index is 1.43. The molecule has 0 unspecified atom stereocenters. The third-order valence-corrected chi connectivity index (χ3v) is 9.81. The molecule has 3 aromatic rings. The van der Waals surface area contributed by atoms with Crippen LogP contribution in [0.3, 0.4) is 0 Å². The highest BCUT2D eigenvalue weighted by molar-refractivity contribution is 6.00. The number of nitrogens with one attached hydrogen (secondary N) is 2. The molecule has 1 aromatic heterocycles. The number of benzene rings is 2. The number of halogens is 1. The summed E-state index contributed by atoms with van der Waals surface area (Å²) in [7, 11) is 1.56. The van der Waals surface area contributed by atoms with Gasteiger partial charge >= 0.3 is 0 Å². The first-order chi connectivity index (χ1) is 25.5. The number of aliphatic hydroxyl groups is 1. The minimum Gasteiger partial charge on any atom is -0.486 e. The van der Waals surface area contributed by atoms with Gasteiger partial charge in [-0.1, -0.05) is 75.1 Å².